The van der Waals surface area contributed by atoms with Crippen molar-refractivity contribution in [1.82, 2.24) is 46.1 Å². The molecule has 27 nitrogen and oxygen atoms in total. The molecule has 9 rings (SSSR count). The Morgan fingerprint density at radius 1 is 0.875 bits per heavy atom. The van der Waals surface area contributed by atoms with Crippen molar-refractivity contribution >= 4 is 85.9 Å². The molecule has 3 aromatic rings. The van der Waals surface area contributed by atoms with Crippen molar-refractivity contribution in [2.75, 3.05) is 117 Å². The second kappa shape index (κ2) is 26.1. The van der Waals surface area contributed by atoms with Gasteiger partial charge in [-0.1, -0.05) is 71.9 Å². The molecule has 2 aromatic carbocycles. The Bertz CT molecular complexity index is 3290. The van der Waals surface area contributed by atoms with Gasteiger partial charge in [0.2, 0.25) is 11.8 Å². The molecule has 478 valence electrons. The van der Waals surface area contributed by atoms with E-state index in [9.17, 15) is 59.4 Å². The average molecular weight is 1260 g/mol. The zero-order chi connectivity index (χ0) is 63.7. The number of anilines is 1. The van der Waals surface area contributed by atoms with Crippen LogP contribution >= 0.6 is 21.6 Å². The number of carbonyl (C=O) groups excluding carboxylic acids is 5. The van der Waals surface area contributed by atoms with Crippen LogP contribution in [0.5, 0.6) is 5.75 Å². The van der Waals surface area contributed by atoms with Gasteiger partial charge in [0.1, 0.15) is 24.5 Å². The van der Waals surface area contributed by atoms with Gasteiger partial charge in [-0.3, -0.25) is 48.9 Å². The van der Waals surface area contributed by atoms with Crippen LogP contribution in [0.3, 0.4) is 0 Å². The predicted octanol–water partition coefficient (Wildman–Crippen LogP) is 0.352. The molecule has 1 saturated heterocycles. The highest BCUT2D eigenvalue weighted by Crippen LogP contribution is 2.68. The number of benzene rings is 2. The van der Waals surface area contributed by atoms with Gasteiger partial charge >= 0.3 is 30.0 Å². The van der Waals surface area contributed by atoms with Crippen molar-refractivity contribution in [3.63, 3.8) is 0 Å². The lowest BCUT2D eigenvalue weighted by atomic mass is 9.47. The number of aliphatic hydroxyl groups excluding tert-OH is 1. The van der Waals surface area contributed by atoms with Crippen LogP contribution in [0, 0.1) is 5.41 Å². The van der Waals surface area contributed by atoms with Crippen LogP contribution in [0.4, 0.5) is 10.5 Å². The first kappa shape index (κ1) is 65.3. The number of aliphatic hydroxyl groups is 3. The number of carbonyl (C=O) groups is 8. The summed E-state index contributed by atoms with van der Waals surface area (Å²) in [7, 11) is 8.08. The number of amides is 4. The summed E-state index contributed by atoms with van der Waals surface area (Å²) in [4.78, 5) is 116. The quantitative estimate of drug-likeness (QED) is 0.0179. The highest BCUT2D eigenvalue weighted by atomic mass is 33.1. The number of aliphatic carboxylic acids is 3. The SMILES string of the molecule is CC[C@]1(O)CC=C2N(CCc3c([nH]c4ccccc34)[C@@]2(C(=O)OC)c2cc3c(cc2OC)N(C)[C@H]2[C@@](O)(C(=O)NNC(=O)OCCSSC[C@H](NC(=O)CN(CCN(CC(=O)O)CC(=O)NC)CC(=O)O)C(=O)O)[C@H](O)[C@]4(CC)C=CCN5CC[C@]32[C@@H]54)C1. The van der Waals surface area contributed by atoms with Crippen molar-refractivity contribution in [3.05, 3.63) is 82.7 Å². The lowest BCUT2D eigenvalue weighted by molar-refractivity contribution is -0.204. The third-order valence-electron chi connectivity index (χ3n) is 18.7. The van der Waals surface area contributed by atoms with Crippen LogP contribution in [0.25, 0.3) is 10.9 Å². The summed E-state index contributed by atoms with van der Waals surface area (Å²) in [6.45, 7) is 3.04. The van der Waals surface area contributed by atoms with Crippen molar-refractivity contribution in [2.45, 2.75) is 92.2 Å². The average Bonchev–Trinajstić information content (AvgIpc) is 1.42. The fraction of sp³-hybridized carbons (Fsp3) is 0.559. The smallest absolute Gasteiger partial charge is 0.426 e. The van der Waals surface area contributed by atoms with Gasteiger partial charge in [0.05, 0.1) is 52.0 Å². The summed E-state index contributed by atoms with van der Waals surface area (Å²) in [6.07, 6.45) is 4.79. The van der Waals surface area contributed by atoms with E-state index in [0.29, 0.717) is 72.9 Å². The fourth-order valence-corrected chi connectivity index (χ4v) is 16.8. The van der Waals surface area contributed by atoms with Gasteiger partial charge in [-0.15, -0.1) is 0 Å². The maximum Gasteiger partial charge on any atom is 0.426 e. The Kier molecular flexibility index (Phi) is 19.4. The van der Waals surface area contributed by atoms with Crippen molar-refractivity contribution in [2.24, 2.45) is 5.41 Å². The molecule has 29 heteroatoms. The van der Waals surface area contributed by atoms with Gasteiger partial charge in [-0.2, -0.15) is 0 Å². The van der Waals surface area contributed by atoms with Crippen molar-refractivity contribution < 1.29 is 83.2 Å². The Morgan fingerprint density at radius 3 is 2.23 bits per heavy atom. The number of fused-ring (bicyclic) bond motifs is 5. The summed E-state index contributed by atoms with van der Waals surface area (Å²) >= 11 is 0. The number of nitrogens with one attached hydrogen (secondary N) is 5. The summed E-state index contributed by atoms with van der Waals surface area (Å²) < 4.78 is 17.7. The monoisotopic (exact) mass is 1260 g/mol. The summed E-state index contributed by atoms with van der Waals surface area (Å²) in [5.41, 5.74) is 1.35. The number of hydrogen-bond acceptors (Lipinski definition) is 21. The maximum atomic E-state index is 15.5. The molecule has 1 saturated carbocycles. The molecule has 0 bridgehead atoms. The molecular formula is C59H78N10O17S2. The number of aromatic nitrogens is 1. The minimum absolute atomic E-state index is 0.0987. The second-order valence-electron chi connectivity index (χ2n) is 23.3. The number of para-hydroxylation sites is 1. The fourth-order valence-electron chi connectivity index (χ4n) is 14.8. The van der Waals surface area contributed by atoms with E-state index in [4.69, 9.17) is 14.2 Å². The molecule has 1 spiro atoms. The van der Waals surface area contributed by atoms with Gasteiger partial charge in [0, 0.05) is 115 Å². The first-order valence-corrected chi connectivity index (χ1v) is 31.7. The van der Waals surface area contributed by atoms with E-state index < -0.39 is 119 Å². The number of methoxy groups -OCH3 is 2. The zero-order valence-electron chi connectivity index (χ0n) is 50.0. The predicted molar refractivity (Wildman–Crippen MR) is 323 cm³/mol. The molecule has 1 aliphatic carbocycles. The number of rotatable bonds is 25. The Balaban J connectivity index is 0.932. The van der Waals surface area contributed by atoms with E-state index in [2.05, 4.69) is 36.3 Å². The number of carboxylic acids is 3. The second-order valence-corrected chi connectivity index (χ2v) is 26.0. The molecule has 11 N–H and O–H groups in total. The van der Waals surface area contributed by atoms with E-state index >= 15 is 9.59 Å². The molecule has 4 amide bonds. The molecular weight excluding hydrogens is 1180 g/mol. The number of nitrogens with zero attached hydrogens (tertiary/aromatic N) is 5. The van der Waals surface area contributed by atoms with Crippen molar-refractivity contribution in [1.29, 1.82) is 0 Å². The molecule has 6 aliphatic rings. The van der Waals surface area contributed by atoms with Crippen LogP contribution in [-0.4, -0.2) is 250 Å². The minimum Gasteiger partial charge on any atom is -0.496 e. The van der Waals surface area contributed by atoms with Crippen LogP contribution in [0.15, 0.2) is 60.3 Å². The molecule has 6 heterocycles. The first-order valence-electron chi connectivity index (χ1n) is 29.2. The summed E-state index contributed by atoms with van der Waals surface area (Å²) in [5.74, 6) is -6.74. The van der Waals surface area contributed by atoms with Crippen LogP contribution < -0.4 is 31.1 Å². The number of hydrazine groups is 1. The van der Waals surface area contributed by atoms with E-state index in [1.54, 1.807) is 11.9 Å². The Labute approximate surface area is 515 Å². The van der Waals surface area contributed by atoms with Crippen LogP contribution in [-0.2, 0) is 60.3 Å². The van der Waals surface area contributed by atoms with Gasteiger partial charge in [-0.25, -0.2) is 15.0 Å². The van der Waals surface area contributed by atoms with E-state index in [0.717, 1.165) is 38.1 Å². The molecule has 2 fully saturated rings. The third-order valence-corrected chi connectivity index (χ3v) is 21.1. The van der Waals surface area contributed by atoms with Gasteiger partial charge in [0.15, 0.2) is 11.0 Å². The Morgan fingerprint density at radius 2 is 1.58 bits per heavy atom. The molecule has 1 aromatic heterocycles. The van der Waals surface area contributed by atoms with Crippen LogP contribution in [0.2, 0.25) is 0 Å². The number of aromatic amines is 1. The molecule has 0 radical (unpaired) electrons. The third kappa shape index (κ3) is 11.5. The summed E-state index contributed by atoms with van der Waals surface area (Å²) in [6, 6.07) is 8.49. The molecule has 0 unspecified atom stereocenters. The number of carboxylic acid groups (broad SMARTS) is 3. The number of esters is 1. The molecule has 9 atom stereocenters. The zero-order valence-corrected chi connectivity index (χ0v) is 51.6. The van der Waals surface area contributed by atoms with E-state index in [1.807, 2.05) is 68.5 Å². The highest BCUT2D eigenvalue weighted by molar-refractivity contribution is 8.76. The highest BCUT2D eigenvalue weighted by Gasteiger charge is 2.79. The molecule has 5 aliphatic heterocycles. The normalized spacial score (nSPS) is 27.0. The van der Waals surface area contributed by atoms with E-state index in [-0.39, 0.29) is 57.1 Å². The largest absolute Gasteiger partial charge is 0.496 e. The lowest BCUT2D eigenvalue weighted by Crippen LogP contribution is -2.82. The number of likely N-dealkylation sites (N-methyl/N-ethyl adjacent to an activating group) is 2. The first-order chi connectivity index (χ1) is 41.9. The van der Waals surface area contributed by atoms with E-state index in [1.165, 1.54) is 31.1 Å². The number of hydrogen-bond donors (Lipinski definition) is 11. The van der Waals surface area contributed by atoms with Crippen molar-refractivity contribution in [3.8, 4) is 5.75 Å². The topological polar surface area (TPSA) is 366 Å². The summed E-state index contributed by atoms with van der Waals surface area (Å²) in [5, 5.41) is 72.6. The lowest BCUT2D eigenvalue weighted by Gasteiger charge is -2.63. The minimum atomic E-state index is -2.66. The Hall–Kier alpha value is -7.12. The van der Waals surface area contributed by atoms with Gasteiger partial charge < -0.3 is 70.3 Å². The van der Waals surface area contributed by atoms with Gasteiger partial charge in [-0.05, 0) is 61.9 Å². The van der Waals surface area contributed by atoms with Gasteiger partial charge in [0.25, 0.3) is 5.91 Å². The molecule has 88 heavy (non-hydrogen) atoms. The van der Waals surface area contributed by atoms with Crippen LogP contribution in [0.1, 0.15) is 61.9 Å². The number of H-pyrrole nitrogens is 1. The maximum absolute atomic E-state index is 15.5. The number of ether oxygens (including phenoxy) is 3. The standard InChI is InChI=1S/C59H78N10O17S2/c1-7-55(82)17-14-42-58(53(80)85-6,47-35(15-20-69(42)33-55)34-12-9-10-13-38(34)62-47)37-26-36-40(27-41(37)84-5)65(4)50-57(36)18-21-68-19-11-16-56(8-2,49(57)68)51(78)59(50,83)52(79)63-64-54(81)86-24-25-87-88-32-39(48(76)77)61-44(71)29-67(31-46(74)75)23-22-66(30-45(72)73)28-43(70)60-3/h9-14,16,26-27,39,49-51,62,78,82-83H,7-8,15,17-25,28-33H2,1-6H3,(H,60,70)(H,61,71)(H,63,79)(H,64,81)(H,72,73)(H,74,75)(H,76,77)/t39-,49-,50+,51+,55-,56+,57+,58+,59-/m0/s1.